The van der Waals surface area contributed by atoms with Gasteiger partial charge in [-0.3, -0.25) is 0 Å². The average molecular weight is 327 g/mol. The summed E-state index contributed by atoms with van der Waals surface area (Å²) >= 11 is 0. The number of hydrogen-bond donors (Lipinski definition) is 2. The predicted octanol–water partition coefficient (Wildman–Crippen LogP) is 2.73. The molecule has 1 aliphatic heterocycles. The van der Waals surface area contributed by atoms with Crippen molar-refractivity contribution in [3.63, 3.8) is 0 Å². The molecule has 1 fully saturated rings. The van der Waals surface area contributed by atoms with Crippen LogP contribution in [0.4, 0.5) is 22.0 Å². The topological polar surface area (TPSA) is 58.6 Å². The minimum Gasteiger partial charge on any atom is -0.487 e. The van der Waals surface area contributed by atoms with Gasteiger partial charge in [0.15, 0.2) is 11.6 Å². The minimum absolute atomic E-state index is 0.0335. The summed E-state index contributed by atoms with van der Waals surface area (Å²) in [4.78, 5) is 8.90. The summed E-state index contributed by atoms with van der Waals surface area (Å²) in [6.07, 6.45) is -3.33. The molecule has 2 N–H and O–H groups in total. The van der Waals surface area contributed by atoms with E-state index >= 15 is 0 Å². The first-order chi connectivity index (χ1) is 10.2. The number of carboxylic acid groups (broad SMARTS) is 1. The summed E-state index contributed by atoms with van der Waals surface area (Å²) in [7, 11) is 0. The number of hydrogen-bond acceptors (Lipinski definition) is 3. The molecule has 22 heavy (non-hydrogen) atoms. The largest absolute Gasteiger partial charge is 0.490 e. The lowest BCUT2D eigenvalue weighted by Crippen LogP contribution is -2.34. The van der Waals surface area contributed by atoms with Gasteiger partial charge in [-0.15, -0.1) is 0 Å². The maximum atomic E-state index is 13.2. The van der Waals surface area contributed by atoms with E-state index < -0.39 is 23.8 Å². The first kappa shape index (κ1) is 18.1. The zero-order valence-electron chi connectivity index (χ0n) is 11.3. The summed E-state index contributed by atoms with van der Waals surface area (Å²) in [5, 5.41) is 10.3. The van der Waals surface area contributed by atoms with Crippen LogP contribution in [0.2, 0.25) is 0 Å². The summed E-state index contributed by atoms with van der Waals surface area (Å²) in [5.74, 6) is -3.82. The van der Waals surface area contributed by atoms with Crippen LogP contribution in [0.1, 0.15) is 12.8 Å². The third-order valence-corrected chi connectivity index (χ3v) is 2.72. The monoisotopic (exact) mass is 327 g/mol. The Morgan fingerprint density at radius 2 is 1.77 bits per heavy atom. The highest BCUT2D eigenvalue weighted by atomic mass is 19.4. The molecule has 1 aromatic rings. The third kappa shape index (κ3) is 6.25. The Hall–Kier alpha value is -1.90. The number of rotatable bonds is 2. The minimum atomic E-state index is -5.08. The van der Waals surface area contributed by atoms with E-state index in [0.717, 1.165) is 32.0 Å². The van der Waals surface area contributed by atoms with Crippen LogP contribution in [-0.4, -0.2) is 36.4 Å². The molecule has 0 unspecified atom stereocenters. The Morgan fingerprint density at radius 1 is 1.23 bits per heavy atom. The number of carboxylic acids is 1. The van der Waals surface area contributed by atoms with E-state index in [1.54, 1.807) is 0 Å². The molecule has 2 rings (SSSR count). The second-order valence-corrected chi connectivity index (χ2v) is 4.44. The van der Waals surface area contributed by atoms with Crippen LogP contribution in [0.25, 0.3) is 0 Å². The van der Waals surface area contributed by atoms with Crippen molar-refractivity contribution < 1.29 is 36.6 Å². The van der Waals surface area contributed by atoms with E-state index in [1.807, 2.05) is 0 Å². The Bertz CT molecular complexity index is 501. The quantitative estimate of drug-likeness (QED) is 0.820. The second kappa shape index (κ2) is 7.92. The number of aliphatic carboxylic acids is 1. The molecule has 0 atom stereocenters. The molecule has 0 aromatic heterocycles. The van der Waals surface area contributed by atoms with Gasteiger partial charge in [0.25, 0.3) is 0 Å². The summed E-state index contributed by atoms with van der Waals surface area (Å²) < 4.78 is 63.0. The van der Waals surface area contributed by atoms with E-state index in [1.165, 1.54) is 12.1 Å². The Labute approximate surface area is 122 Å². The number of benzene rings is 1. The van der Waals surface area contributed by atoms with Crippen molar-refractivity contribution in [2.75, 3.05) is 13.1 Å². The lowest BCUT2D eigenvalue weighted by molar-refractivity contribution is -0.192. The van der Waals surface area contributed by atoms with E-state index in [2.05, 4.69) is 5.32 Å². The molecule has 4 nitrogen and oxygen atoms in total. The fourth-order valence-corrected chi connectivity index (χ4v) is 1.66. The highest BCUT2D eigenvalue weighted by Gasteiger charge is 2.38. The van der Waals surface area contributed by atoms with Crippen LogP contribution >= 0.6 is 0 Å². The molecule has 124 valence electrons. The van der Waals surface area contributed by atoms with Gasteiger partial charge in [-0.05, 0) is 38.1 Å². The zero-order valence-corrected chi connectivity index (χ0v) is 11.3. The van der Waals surface area contributed by atoms with Gasteiger partial charge in [0.2, 0.25) is 0 Å². The van der Waals surface area contributed by atoms with E-state index in [4.69, 9.17) is 14.6 Å². The fraction of sp³-hybridized carbons (Fsp3) is 0.462. The van der Waals surface area contributed by atoms with Crippen molar-refractivity contribution in [3.05, 3.63) is 29.8 Å². The van der Waals surface area contributed by atoms with Crippen molar-refractivity contribution in [1.82, 2.24) is 5.32 Å². The summed E-state index contributed by atoms with van der Waals surface area (Å²) in [5.41, 5.74) is 0. The maximum absolute atomic E-state index is 13.2. The van der Waals surface area contributed by atoms with Crippen LogP contribution in [0.5, 0.6) is 5.75 Å². The first-order valence-corrected chi connectivity index (χ1v) is 6.32. The van der Waals surface area contributed by atoms with Crippen molar-refractivity contribution in [3.8, 4) is 5.75 Å². The molecular weight excluding hydrogens is 313 g/mol. The lowest BCUT2D eigenvalue weighted by atomic mass is 10.1. The van der Waals surface area contributed by atoms with E-state index in [-0.39, 0.29) is 11.9 Å². The van der Waals surface area contributed by atoms with Crippen molar-refractivity contribution >= 4 is 5.97 Å². The van der Waals surface area contributed by atoms with Crippen LogP contribution in [0, 0.1) is 11.6 Å². The molecule has 1 aromatic carbocycles. The molecule has 1 aliphatic rings. The fourth-order valence-electron chi connectivity index (χ4n) is 1.66. The molecule has 1 heterocycles. The summed E-state index contributed by atoms with van der Waals surface area (Å²) in [6.45, 7) is 1.76. The van der Waals surface area contributed by atoms with Gasteiger partial charge in [0.1, 0.15) is 11.9 Å². The number of ether oxygens (including phenoxy) is 1. The Balaban J connectivity index is 0.000000295. The smallest absolute Gasteiger partial charge is 0.487 e. The van der Waals surface area contributed by atoms with Crippen molar-refractivity contribution in [2.45, 2.75) is 25.1 Å². The first-order valence-electron chi connectivity index (χ1n) is 6.32. The molecule has 0 saturated carbocycles. The molecule has 9 heteroatoms. The van der Waals surface area contributed by atoms with Gasteiger partial charge in [-0.25, -0.2) is 13.6 Å². The van der Waals surface area contributed by atoms with Gasteiger partial charge in [-0.1, -0.05) is 0 Å². The van der Waals surface area contributed by atoms with Gasteiger partial charge < -0.3 is 15.2 Å². The van der Waals surface area contributed by atoms with Crippen LogP contribution < -0.4 is 10.1 Å². The van der Waals surface area contributed by atoms with Crippen molar-refractivity contribution in [1.29, 1.82) is 0 Å². The molecule has 0 radical (unpaired) electrons. The normalized spacial score (nSPS) is 15.7. The van der Waals surface area contributed by atoms with Gasteiger partial charge in [0, 0.05) is 6.07 Å². The average Bonchev–Trinajstić information content (AvgIpc) is 2.43. The molecule has 0 spiro atoms. The molecular formula is C13H14F5NO3. The SMILES string of the molecule is Fc1ccc(OC2CCNCC2)c(F)c1.O=C(O)C(F)(F)F. The highest BCUT2D eigenvalue weighted by molar-refractivity contribution is 5.73. The van der Waals surface area contributed by atoms with Gasteiger partial charge in [-0.2, -0.15) is 13.2 Å². The summed E-state index contributed by atoms with van der Waals surface area (Å²) in [6, 6.07) is 3.39. The van der Waals surface area contributed by atoms with Crippen molar-refractivity contribution in [2.24, 2.45) is 0 Å². The Morgan fingerprint density at radius 3 is 2.23 bits per heavy atom. The van der Waals surface area contributed by atoms with Crippen LogP contribution in [-0.2, 0) is 4.79 Å². The third-order valence-electron chi connectivity index (χ3n) is 2.72. The maximum Gasteiger partial charge on any atom is 0.490 e. The van der Waals surface area contributed by atoms with Crippen LogP contribution in [0.15, 0.2) is 18.2 Å². The Kier molecular flexibility index (Phi) is 6.54. The van der Waals surface area contributed by atoms with E-state index in [9.17, 15) is 22.0 Å². The number of nitrogens with one attached hydrogen (secondary N) is 1. The molecule has 0 amide bonds. The number of alkyl halides is 3. The van der Waals surface area contributed by atoms with Gasteiger partial charge in [0.05, 0.1) is 0 Å². The number of halogens is 5. The second-order valence-electron chi connectivity index (χ2n) is 4.44. The standard InChI is InChI=1S/C11H13F2NO.C2HF3O2/c12-8-1-2-11(10(13)7-8)15-9-3-5-14-6-4-9;3-2(4,5)1(6)7/h1-2,7,9,14H,3-6H2;(H,6,7). The lowest BCUT2D eigenvalue weighted by Gasteiger charge is -2.23. The highest BCUT2D eigenvalue weighted by Crippen LogP contribution is 2.21. The number of carbonyl (C=O) groups is 1. The predicted molar refractivity (Wildman–Crippen MR) is 66.6 cm³/mol. The van der Waals surface area contributed by atoms with Gasteiger partial charge >= 0.3 is 12.1 Å². The number of piperidine rings is 1. The van der Waals surface area contributed by atoms with E-state index in [0.29, 0.717) is 0 Å². The molecule has 1 saturated heterocycles. The van der Waals surface area contributed by atoms with Crippen LogP contribution in [0.3, 0.4) is 0 Å². The molecule has 0 bridgehead atoms. The molecule has 0 aliphatic carbocycles. The zero-order chi connectivity index (χ0) is 16.8.